The number of H-pyrrole nitrogens is 1. The first-order valence-corrected chi connectivity index (χ1v) is 5.30. The zero-order chi connectivity index (χ0) is 12.4. The van der Waals surface area contributed by atoms with E-state index in [4.69, 9.17) is 0 Å². The highest BCUT2D eigenvalue weighted by molar-refractivity contribution is 5.73. The molecule has 18 heavy (non-hydrogen) atoms. The molecule has 1 aromatic carbocycles. The van der Waals surface area contributed by atoms with Gasteiger partial charge in [0.05, 0.1) is 12.4 Å². The largest absolute Gasteiger partial charge is 0.507 e. The first kappa shape index (κ1) is 10.4. The number of hydrogen-bond acceptors (Lipinski definition) is 5. The second kappa shape index (κ2) is 4.25. The third-order valence-corrected chi connectivity index (χ3v) is 2.59. The number of phenolic OH excluding ortho intramolecular Hbond substituents is 1. The van der Waals surface area contributed by atoms with Gasteiger partial charge in [0.25, 0.3) is 0 Å². The van der Waals surface area contributed by atoms with Crippen LogP contribution in [0.3, 0.4) is 0 Å². The van der Waals surface area contributed by atoms with Crippen LogP contribution in [0.25, 0.3) is 22.4 Å². The van der Waals surface area contributed by atoms with Crippen LogP contribution in [0.5, 0.6) is 5.75 Å². The van der Waals surface area contributed by atoms with Crippen molar-refractivity contribution in [1.82, 2.24) is 25.4 Å². The van der Waals surface area contributed by atoms with Crippen LogP contribution in [0.1, 0.15) is 0 Å². The van der Waals surface area contributed by atoms with E-state index in [1.54, 1.807) is 30.7 Å². The Morgan fingerprint density at radius 1 is 1.11 bits per heavy atom. The maximum Gasteiger partial charge on any atom is 0.138 e. The fraction of sp³-hybridized carbons (Fsp3) is 0. The van der Waals surface area contributed by atoms with E-state index in [9.17, 15) is 5.11 Å². The molecule has 2 heterocycles. The molecule has 6 nitrogen and oxygen atoms in total. The molecular formula is C12H9N5O. The minimum absolute atomic E-state index is 0.135. The van der Waals surface area contributed by atoms with E-state index in [1.165, 1.54) is 6.33 Å². The van der Waals surface area contributed by atoms with Crippen molar-refractivity contribution >= 4 is 0 Å². The molecule has 0 spiro atoms. The van der Waals surface area contributed by atoms with Crippen LogP contribution >= 0.6 is 0 Å². The average molecular weight is 239 g/mol. The van der Waals surface area contributed by atoms with E-state index in [2.05, 4.69) is 25.4 Å². The SMILES string of the molecule is Oc1cc(-c2cn[nH]c2)ccc1-c1cncnn1. The molecule has 6 heteroatoms. The Kier molecular flexibility index (Phi) is 2.45. The summed E-state index contributed by atoms with van der Waals surface area (Å²) >= 11 is 0. The highest BCUT2D eigenvalue weighted by Crippen LogP contribution is 2.31. The Morgan fingerprint density at radius 2 is 2.06 bits per heavy atom. The van der Waals surface area contributed by atoms with Gasteiger partial charge >= 0.3 is 0 Å². The normalized spacial score (nSPS) is 10.4. The number of rotatable bonds is 2. The van der Waals surface area contributed by atoms with Crippen molar-refractivity contribution in [1.29, 1.82) is 0 Å². The molecule has 2 N–H and O–H groups in total. The van der Waals surface area contributed by atoms with Crippen LogP contribution in [0.2, 0.25) is 0 Å². The van der Waals surface area contributed by atoms with E-state index in [0.29, 0.717) is 11.3 Å². The molecule has 0 saturated carbocycles. The standard InChI is InChI=1S/C12H9N5O/c18-12-3-8(9-4-14-15-5-9)1-2-10(12)11-6-13-7-16-17-11/h1-7,18H,(H,14,15). The fourth-order valence-corrected chi connectivity index (χ4v) is 1.71. The van der Waals surface area contributed by atoms with Crippen LogP contribution in [0, 0.1) is 0 Å². The van der Waals surface area contributed by atoms with Crippen LogP contribution in [0.15, 0.2) is 43.1 Å². The molecule has 0 amide bonds. The summed E-state index contributed by atoms with van der Waals surface area (Å²) in [6.07, 6.45) is 6.36. The van der Waals surface area contributed by atoms with Crippen LogP contribution < -0.4 is 0 Å². The van der Waals surface area contributed by atoms with Crippen molar-refractivity contribution < 1.29 is 5.11 Å². The zero-order valence-electron chi connectivity index (χ0n) is 9.28. The van der Waals surface area contributed by atoms with Gasteiger partial charge in [-0.3, -0.25) is 5.10 Å². The predicted octanol–water partition coefficient (Wildman–Crippen LogP) is 1.63. The van der Waals surface area contributed by atoms with Gasteiger partial charge in [-0.2, -0.15) is 5.10 Å². The summed E-state index contributed by atoms with van der Waals surface area (Å²) in [4.78, 5) is 3.87. The van der Waals surface area contributed by atoms with Crippen molar-refractivity contribution in [2.45, 2.75) is 0 Å². The van der Waals surface area contributed by atoms with Crippen molar-refractivity contribution in [2.75, 3.05) is 0 Å². The first-order valence-electron chi connectivity index (χ1n) is 5.30. The predicted molar refractivity (Wildman–Crippen MR) is 64.5 cm³/mol. The van der Waals surface area contributed by atoms with Crippen LogP contribution in [-0.2, 0) is 0 Å². The summed E-state index contributed by atoms with van der Waals surface area (Å²) in [5, 5.41) is 24.2. The fourth-order valence-electron chi connectivity index (χ4n) is 1.71. The van der Waals surface area contributed by atoms with E-state index < -0.39 is 0 Å². The summed E-state index contributed by atoms with van der Waals surface area (Å²) in [6, 6.07) is 5.33. The number of aromatic nitrogens is 5. The van der Waals surface area contributed by atoms with Gasteiger partial charge in [-0.1, -0.05) is 6.07 Å². The molecule has 0 fully saturated rings. The Balaban J connectivity index is 2.05. The van der Waals surface area contributed by atoms with E-state index in [0.717, 1.165) is 11.1 Å². The van der Waals surface area contributed by atoms with Gasteiger partial charge in [0, 0.05) is 17.3 Å². The van der Waals surface area contributed by atoms with Crippen molar-refractivity contribution in [3.63, 3.8) is 0 Å². The lowest BCUT2D eigenvalue weighted by Gasteiger charge is -2.04. The first-order chi connectivity index (χ1) is 8.84. The third-order valence-electron chi connectivity index (χ3n) is 2.59. The maximum atomic E-state index is 10.0. The molecule has 0 saturated heterocycles. The topological polar surface area (TPSA) is 87.6 Å². The summed E-state index contributed by atoms with van der Waals surface area (Å²) in [6.45, 7) is 0. The van der Waals surface area contributed by atoms with Gasteiger partial charge in [0.15, 0.2) is 0 Å². The van der Waals surface area contributed by atoms with Crippen molar-refractivity contribution in [3.8, 4) is 28.1 Å². The van der Waals surface area contributed by atoms with Crippen LogP contribution in [-0.4, -0.2) is 30.5 Å². The number of benzene rings is 1. The Bertz CT molecular complexity index is 651. The van der Waals surface area contributed by atoms with Gasteiger partial charge in [0.2, 0.25) is 0 Å². The molecule has 3 aromatic rings. The quantitative estimate of drug-likeness (QED) is 0.709. The molecule has 2 aromatic heterocycles. The van der Waals surface area contributed by atoms with E-state index in [1.807, 2.05) is 6.07 Å². The lowest BCUT2D eigenvalue weighted by molar-refractivity contribution is 0.477. The summed E-state index contributed by atoms with van der Waals surface area (Å²) in [5.74, 6) is 0.135. The average Bonchev–Trinajstić information content (AvgIpc) is 2.93. The molecule has 0 aliphatic carbocycles. The van der Waals surface area contributed by atoms with E-state index in [-0.39, 0.29) is 5.75 Å². The second-order valence-corrected chi connectivity index (χ2v) is 3.71. The van der Waals surface area contributed by atoms with E-state index >= 15 is 0 Å². The summed E-state index contributed by atoms with van der Waals surface area (Å²) in [7, 11) is 0. The minimum atomic E-state index is 0.135. The molecular weight excluding hydrogens is 230 g/mol. The molecule has 3 rings (SSSR count). The van der Waals surface area contributed by atoms with Gasteiger partial charge in [-0.15, -0.1) is 10.2 Å². The van der Waals surface area contributed by atoms with Crippen molar-refractivity contribution in [2.24, 2.45) is 0 Å². The smallest absolute Gasteiger partial charge is 0.138 e. The highest BCUT2D eigenvalue weighted by atomic mass is 16.3. The summed E-state index contributed by atoms with van der Waals surface area (Å²) < 4.78 is 0. The number of nitrogens with one attached hydrogen (secondary N) is 1. The molecule has 88 valence electrons. The Labute approximate surface area is 102 Å². The number of aromatic amines is 1. The lowest BCUT2D eigenvalue weighted by Crippen LogP contribution is -1.89. The molecule has 0 aliphatic rings. The monoisotopic (exact) mass is 239 g/mol. The highest BCUT2D eigenvalue weighted by Gasteiger charge is 2.08. The number of hydrogen-bond donors (Lipinski definition) is 2. The van der Waals surface area contributed by atoms with Crippen molar-refractivity contribution in [3.05, 3.63) is 43.1 Å². The van der Waals surface area contributed by atoms with Gasteiger partial charge in [0.1, 0.15) is 17.8 Å². The second-order valence-electron chi connectivity index (χ2n) is 3.71. The lowest BCUT2D eigenvalue weighted by atomic mass is 10.0. The number of aromatic hydroxyl groups is 1. The zero-order valence-corrected chi connectivity index (χ0v) is 9.28. The molecule has 0 unspecified atom stereocenters. The minimum Gasteiger partial charge on any atom is -0.507 e. The van der Waals surface area contributed by atoms with Crippen LogP contribution in [0.4, 0.5) is 0 Å². The maximum absolute atomic E-state index is 10.0. The number of nitrogens with zero attached hydrogens (tertiary/aromatic N) is 4. The molecule has 0 atom stereocenters. The van der Waals surface area contributed by atoms with Gasteiger partial charge < -0.3 is 5.11 Å². The Hall–Kier alpha value is -2.76. The molecule has 0 radical (unpaired) electrons. The van der Waals surface area contributed by atoms with Gasteiger partial charge in [-0.05, 0) is 17.7 Å². The van der Waals surface area contributed by atoms with Gasteiger partial charge in [-0.25, -0.2) is 4.98 Å². The molecule has 0 bridgehead atoms. The number of phenols is 1. The molecule has 0 aliphatic heterocycles. The Morgan fingerprint density at radius 3 is 2.72 bits per heavy atom. The summed E-state index contributed by atoms with van der Waals surface area (Å²) in [5.41, 5.74) is 2.92. The third kappa shape index (κ3) is 1.80.